The van der Waals surface area contributed by atoms with Gasteiger partial charge in [0.05, 0.1) is 17.6 Å². The summed E-state index contributed by atoms with van der Waals surface area (Å²) in [4.78, 5) is 6.62. The molecule has 5 heteroatoms. The maximum Gasteiger partial charge on any atom is 0.176 e. The molecule has 0 saturated heterocycles. The number of fused-ring (bicyclic) bond motifs is 1. The minimum absolute atomic E-state index is 0.0581. The van der Waals surface area contributed by atoms with E-state index < -0.39 is 0 Å². The van der Waals surface area contributed by atoms with Crippen molar-refractivity contribution in [3.63, 3.8) is 0 Å². The molecule has 4 aromatic rings. The van der Waals surface area contributed by atoms with Gasteiger partial charge < -0.3 is 14.7 Å². The van der Waals surface area contributed by atoms with E-state index >= 15 is 0 Å². The second-order valence-electron chi connectivity index (χ2n) is 7.45. The van der Waals surface area contributed by atoms with E-state index in [1.165, 1.54) is 12.7 Å². The predicted molar refractivity (Wildman–Crippen MR) is 122 cm³/mol. The summed E-state index contributed by atoms with van der Waals surface area (Å²) in [6.45, 7) is 0.898. The van der Waals surface area contributed by atoms with Gasteiger partial charge in [0.25, 0.3) is 0 Å². The molecule has 151 valence electrons. The Morgan fingerprint density at radius 2 is 1.73 bits per heavy atom. The number of aromatic hydroxyl groups is 1. The Hall–Kier alpha value is -3.08. The first-order valence-electron chi connectivity index (χ1n) is 9.57. The Balaban J connectivity index is 1.81. The number of hydrogen-bond donors (Lipinski definition) is 1. The van der Waals surface area contributed by atoms with Crippen molar-refractivity contribution >= 4 is 22.5 Å². The summed E-state index contributed by atoms with van der Waals surface area (Å²) in [7, 11) is 5.63. The molecule has 1 N–H and O–H groups in total. The standard InChI is InChI=1S/C25H22ClN2O2/c1-28(2)15-16-4-6-17(7-5-16)20-10-11-27-23-9-8-18(12-21(20)23)19-13-22(26)25(29)24(14-19)30-3/h4-9,11-14,29H,15H2,1-3H3. The van der Waals surface area contributed by atoms with Crippen LogP contribution in [0.25, 0.3) is 33.2 Å². The molecular weight excluding hydrogens is 396 g/mol. The van der Waals surface area contributed by atoms with Crippen LogP contribution in [0.15, 0.2) is 60.8 Å². The van der Waals surface area contributed by atoms with E-state index in [-0.39, 0.29) is 10.8 Å². The van der Waals surface area contributed by atoms with Gasteiger partial charge in [-0.05, 0) is 60.6 Å². The van der Waals surface area contributed by atoms with Crippen molar-refractivity contribution in [2.45, 2.75) is 6.54 Å². The lowest BCUT2D eigenvalue weighted by molar-refractivity contribution is 0.374. The summed E-state index contributed by atoms with van der Waals surface area (Å²) >= 11 is 6.19. The van der Waals surface area contributed by atoms with Gasteiger partial charge in [-0.3, -0.25) is 4.98 Å². The molecule has 1 heterocycles. The van der Waals surface area contributed by atoms with Gasteiger partial charge in [0.2, 0.25) is 0 Å². The summed E-state index contributed by atoms with van der Waals surface area (Å²) in [5, 5.41) is 11.3. The second kappa shape index (κ2) is 8.34. The molecule has 0 spiro atoms. The smallest absolute Gasteiger partial charge is 0.176 e. The van der Waals surface area contributed by atoms with Crippen LogP contribution in [-0.2, 0) is 6.54 Å². The molecule has 0 fully saturated rings. The maximum absolute atomic E-state index is 10.0. The Kier molecular flexibility index (Phi) is 5.62. The van der Waals surface area contributed by atoms with E-state index in [0.29, 0.717) is 5.75 Å². The average molecular weight is 418 g/mol. The first-order chi connectivity index (χ1) is 14.5. The quantitative estimate of drug-likeness (QED) is 0.446. The van der Waals surface area contributed by atoms with Crippen LogP contribution in [0.5, 0.6) is 11.5 Å². The lowest BCUT2D eigenvalue weighted by Crippen LogP contribution is -2.10. The third kappa shape index (κ3) is 3.97. The molecule has 0 saturated carbocycles. The number of aromatic nitrogens is 1. The highest BCUT2D eigenvalue weighted by Crippen LogP contribution is 2.39. The van der Waals surface area contributed by atoms with Gasteiger partial charge in [0, 0.05) is 29.8 Å². The van der Waals surface area contributed by atoms with Crippen LogP contribution in [-0.4, -0.2) is 36.2 Å². The molecule has 0 amide bonds. The molecular formula is C25H22ClN2O2. The number of nitrogens with zero attached hydrogens (tertiary/aromatic N) is 2. The predicted octanol–water partition coefficient (Wildman–Crippen LogP) is 5.80. The van der Waals surface area contributed by atoms with Gasteiger partial charge in [0.15, 0.2) is 11.5 Å². The number of phenolic OH excluding ortho intramolecular Hbond substituents is 1. The molecule has 0 unspecified atom stereocenters. The van der Waals surface area contributed by atoms with Crippen molar-refractivity contribution in [2.75, 3.05) is 21.2 Å². The highest BCUT2D eigenvalue weighted by Gasteiger charge is 2.12. The topological polar surface area (TPSA) is 45.6 Å². The number of benzene rings is 3. The zero-order chi connectivity index (χ0) is 21.3. The van der Waals surface area contributed by atoms with E-state index in [0.717, 1.165) is 39.7 Å². The zero-order valence-corrected chi connectivity index (χ0v) is 17.9. The monoisotopic (exact) mass is 417 g/mol. The summed E-state index contributed by atoms with van der Waals surface area (Å²) in [5.41, 5.74) is 6.04. The zero-order valence-electron chi connectivity index (χ0n) is 17.1. The molecule has 0 bridgehead atoms. The highest BCUT2D eigenvalue weighted by atomic mass is 35.5. The van der Waals surface area contributed by atoms with E-state index in [9.17, 15) is 5.11 Å². The number of phenols is 1. The molecule has 3 aromatic carbocycles. The van der Waals surface area contributed by atoms with Crippen LogP contribution >= 0.6 is 11.6 Å². The summed E-state index contributed by atoms with van der Waals surface area (Å²) in [6, 6.07) is 21.4. The van der Waals surface area contributed by atoms with Gasteiger partial charge in [-0.15, -0.1) is 0 Å². The number of ether oxygens (including phenoxy) is 1. The first kappa shape index (κ1) is 20.2. The van der Waals surface area contributed by atoms with Crippen molar-refractivity contribution in [2.24, 2.45) is 0 Å². The minimum Gasteiger partial charge on any atom is -0.503 e. The fraction of sp³-hybridized carbons (Fsp3) is 0.160. The van der Waals surface area contributed by atoms with Crippen LogP contribution in [0.1, 0.15) is 5.56 Å². The van der Waals surface area contributed by atoms with Crippen molar-refractivity contribution in [1.29, 1.82) is 0 Å². The minimum atomic E-state index is -0.0581. The Labute approximate surface area is 181 Å². The number of pyridine rings is 1. The Bertz CT molecular complexity index is 1200. The normalized spacial score (nSPS) is 11.2. The molecule has 4 nitrogen and oxygen atoms in total. The number of rotatable bonds is 5. The van der Waals surface area contributed by atoms with Crippen molar-refractivity contribution in [3.05, 3.63) is 77.4 Å². The average Bonchev–Trinajstić information content (AvgIpc) is 2.75. The van der Waals surface area contributed by atoms with Crippen LogP contribution < -0.4 is 4.74 Å². The first-order valence-corrected chi connectivity index (χ1v) is 9.95. The van der Waals surface area contributed by atoms with Crippen molar-refractivity contribution in [3.8, 4) is 33.8 Å². The Morgan fingerprint density at radius 3 is 2.43 bits per heavy atom. The van der Waals surface area contributed by atoms with E-state index in [2.05, 4.69) is 60.4 Å². The molecule has 0 aliphatic carbocycles. The number of hydrogen-bond acceptors (Lipinski definition) is 4. The molecule has 1 aromatic heterocycles. The number of halogens is 1. The molecule has 0 aliphatic heterocycles. The van der Waals surface area contributed by atoms with Crippen LogP contribution in [0.3, 0.4) is 0 Å². The summed E-state index contributed by atoms with van der Waals surface area (Å²) < 4.78 is 5.25. The van der Waals surface area contributed by atoms with Crippen molar-refractivity contribution < 1.29 is 9.84 Å². The van der Waals surface area contributed by atoms with Crippen molar-refractivity contribution in [1.82, 2.24) is 9.88 Å². The maximum atomic E-state index is 10.0. The van der Waals surface area contributed by atoms with Gasteiger partial charge in [-0.25, -0.2) is 0 Å². The van der Waals surface area contributed by atoms with E-state index in [4.69, 9.17) is 16.3 Å². The third-order valence-electron chi connectivity index (χ3n) is 5.00. The largest absolute Gasteiger partial charge is 0.503 e. The molecule has 0 aliphatic rings. The Morgan fingerprint density at radius 1 is 1.00 bits per heavy atom. The molecule has 0 atom stereocenters. The lowest BCUT2D eigenvalue weighted by atomic mass is 9.96. The van der Waals surface area contributed by atoms with E-state index in [1.54, 1.807) is 18.3 Å². The highest BCUT2D eigenvalue weighted by molar-refractivity contribution is 6.32. The molecule has 4 rings (SSSR count). The SMILES string of the molecule is COc1cc(-c2ccc3nc[c]c(-c4ccc(CN(C)C)cc4)c3c2)cc(Cl)c1O. The molecule has 30 heavy (non-hydrogen) atoms. The summed E-state index contributed by atoms with van der Waals surface area (Å²) in [5.74, 6) is 0.282. The van der Waals surface area contributed by atoms with Crippen LogP contribution in [0.2, 0.25) is 5.02 Å². The third-order valence-corrected chi connectivity index (χ3v) is 5.29. The lowest BCUT2D eigenvalue weighted by Gasteiger charge is -2.12. The number of methoxy groups -OCH3 is 1. The van der Waals surface area contributed by atoms with Gasteiger partial charge in [-0.1, -0.05) is 41.9 Å². The van der Waals surface area contributed by atoms with E-state index in [1.807, 2.05) is 12.1 Å². The fourth-order valence-corrected chi connectivity index (χ4v) is 3.76. The van der Waals surface area contributed by atoms with Crippen LogP contribution in [0, 0.1) is 6.07 Å². The fourth-order valence-electron chi connectivity index (χ4n) is 3.55. The van der Waals surface area contributed by atoms with Gasteiger partial charge in [-0.2, -0.15) is 0 Å². The van der Waals surface area contributed by atoms with Crippen LogP contribution in [0.4, 0.5) is 0 Å². The molecule has 1 radical (unpaired) electrons. The second-order valence-corrected chi connectivity index (χ2v) is 7.86. The summed E-state index contributed by atoms with van der Waals surface area (Å²) in [6.07, 6.45) is 1.71. The van der Waals surface area contributed by atoms with Gasteiger partial charge in [0.1, 0.15) is 0 Å². The van der Waals surface area contributed by atoms with Gasteiger partial charge >= 0.3 is 0 Å².